The Labute approximate surface area is 143 Å². The molecule has 2 heterocycles. The number of benzene rings is 1. The minimum Gasteiger partial charge on any atom is -0.309 e. The molecule has 2 aromatic heterocycles. The van der Waals surface area contributed by atoms with Crippen molar-refractivity contribution in [3.05, 3.63) is 72.9 Å². The molecule has 1 atom stereocenters. The van der Waals surface area contributed by atoms with E-state index in [0.717, 1.165) is 5.69 Å². The Balaban J connectivity index is 1.76. The monoisotopic (exact) mass is 331 g/mol. The van der Waals surface area contributed by atoms with Crippen LogP contribution < -0.4 is 5.32 Å². The van der Waals surface area contributed by atoms with Crippen molar-refractivity contribution in [1.82, 2.24) is 14.5 Å². The van der Waals surface area contributed by atoms with Gasteiger partial charge in [-0.2, -0.15) is 5.26 Å². The van der Waals surface area contributed by atoms with E-state index in [9.17, 15) is 14.9 Å². The number of rotatable bonds is 5. The van der Waals surface area contributed by atoms with Crippen LogP contribution >= 0.6 is 0 Å². The van der Waals surface area contributed by atoms with Gasteiger partial charge in [-0.15, -0.1) is 0 Å². The van der Waals surface area contributed by atoms with E-state index in [0.29, 0.717) is 0 Å². The quantitative estimate of drug-likeness (QED) is 0.571. The molecule has 1 unspecified atom stereocenters. The molecule has 122 valence electrons. The summed E-state index contributed by atoms with van der Waals surface area (Å²) < 4.78 is 1.78. The number of carbonyl (C=O) groups excluding carboxylic acids is 2. The van der Waals surface area contributed by atoms with Gasteiger partial charge in [-0.1, -0.05) is 6.07 Å². The van der Waals surface area contributed by atoms with Crippen molar-refractivity contribution < 1.29 is 9.59 Å². The molecule has 0 fully saturated rings. The number of Topliss-reactive ketones (excluding diaryl/α,β-unsaturated/α-hetero) is 1. The molecule has 7 heteroatoms. The fourth-order valence-electron chi connectivity index (χ4n) is 2.25. The largest absolute Gasteiger partial charge is 0.309 e. The van der Waals surface area contributed by atoms with Gasteiger partial charge >= 0.3 is 0 Å². The summed E-state index contributed by atoms with van der Waals surface area (Å²) in [6, 6.07) is 13.3. The molecule has 0 spiro atoms. The van der Waals surface area contributed by atoms with Gasteiger partial charge < -0.3 is 9.88 Å². The van der Waals surface area contributed by atoms with E-state index < -0.39 is 17.6 Å². The van der Waals surface area contributed by atoms with E-state index >= 15 is 0 Å². The Kier molecular flexibility index (Phi) is 4.62. The maximum absolute atomic E-state index is 12.5. The summed E-state index contributed by atoms with van der Waals surface area (Å²) in [6.45, 7) is 0. The van der Waals surface area contributed by atoms with Crippen LogP contribution in [0.5, 0.6) is 0 Å². The summed E-state index contributed by atoms with van der Waals surface area (Å²) in [5.41, 5.74) is 1.10. The molecule has 3 aromatic rings. The van der Waals surface area contributed by atoms with Crippen molar-refractivity contribution in [2.75, 3.05) is 5.32 Å². The second kappa shape index (κ2) is 7.19. The Bertz CT molecular complexity index is 912. The van der Waals surface area contributed by atoms with Crippen LogP contribution in [0.4, 0.5) is 5.82 Å². The maximum Gasteiger partial charge on any atom is 0.250 e. The SMILES string of the molecule is N#CC(C(=O)Nc1ccccn1)C(=O)c1ccc(-n2ccnc2)cc1. The van der Waals surface area contributed by atoms with Gasteiger partial charge in [0.1, 0.15) is 5.82 Å². The zero-order valence-electron chi connectivity index (χ0n) is 13.0. The summed E-state index contributed by atoms with van der Waals surface area (Å²) in [6.07, 6.45) is 6.56. The molecule has 0 aliphatic heterocycles. The molecular formula is C18H13N5O2. The van der Waals surface area contributed by atoms with Gasteiger partial charge in [-0.25, -0.2) is 9.97 Å². The molecule has 0 bridgehead atoms. The molecule has 1 N–H and O–H groups in total. The average molecular weight is 331 g/mol. The molecule has 0 saturated heterocycles. The number of imidazole rings is 1. The minimum atomic E-state index is -1.44. The van der Waals surface area contributed by atoms with Crippen LogP contribution in [0.2, 0.25) is 0 Å². The second-order valence-corrected chi connectivity index (χ2v) is 5.15. The molecule has 7 nitrogen and oxygen atoms in total. The summed E-state index contributed by atoms with van der Waals surface area (Å²) in [5.74, 6) is -2.42. The first-order chi connectivity index (χ1) is 12.2. The molecule has 0 radical (unpaired) electrons. The Morgan fingerprint density at radius 3 is 2.52 bits per heavy atom. The molecule has 0 aliphatic rings. The number of amides is 1. The minimum absolute atomic E-state index is 0.284. The van der Waals surface area contributed by atoms with E-state index in [1.807, 2.05) is 0 Å². The second-order valence-electron chi connectivity index (χ2n) is 5.15. The maximum atomic E-state index is 12.5. The lowest BCUT2D eigenvalue weighted by atomic mass is 9.98. The number of carbonyl (C=O) groups is 2. The topological polar surface area (TPSA) is 101 Å². The van der Waals surface area contributed by atoms with Crippen LogP contribution in [-0.4, -0.2) is 26.2 Å². The smallest absolute Gasteiger partial charge is 0.250 e. The first-order valence-electron chi connectivity index (χ1n) is 7.43. The summed E-state index contributed by atoms with van der Waals surface area (Å²) in [7, 11) is 0. The van der Waals surface area contributed by atoms with Gasteiger partial charge in [-0.05, 0) is 36.4 Å². The van der Waals surface area contributed by atoms with Crippen molar-refractivity contribution >= 4 is 17.5 Å². The van der Waals surface area contributed by atoms with Crippen LogP contribution in [0.15, 0.2) is 67.4 Å². The number of hydrogen-bond donors (Lipinski definition) is 1. The van der Waals surface area contributed by atoms with E-state index in [1.165, 1.54) is 6.20 Å². The highest BCUT2D eigenvalue weighted by atomic mass is 16.2. The van der Waals surface area contributed by atoms with Gasteiger partial charge in [0.25, 0.3) is 5.91 Å². The highest BCUT2D eigenvalue weighted by molar-refractivity contribution is 6.15. The lowest BCUT2D eigenvalue weighted by Crippen LogP contribution is -2.29. The van der Waals surface area contributed by atoms with Crippen LogP contribution in [0.3, 0.4) is 0 Å². The van der Waals surface area contributed by atoms with Crippen molar-refractivity contribution in [1.29, 1.82) is 5.26 Å². The number of anilines is 1. The van der Waals surface area contributed by atoms with Crippen LogP contribution in [0, 0.1) is 17.2 Å². The molecule has 3 rings (SSSR count). The number of hydrogen-bond acceptors (Lipinski definition) is 5. The van der Waals surface area contributed by atoms with Crippen LogP contribution in [-0.2, 0) is 4.79 Å². The number of nitriles is 1. The molecule has 0 aliphatic carbocycles. The highest BCUT2D eigenvalue weighted by Crippen LogP contribution is 2.14. The highest BCUT2D eigenvalue weighted by Gasteiger charge is 2.27. The number of ketones is 1. The number of nitrogens with zero attached hydrogens (tertiary/aromatic N) is 4. The average Bonchev–Trinajstić information content (AvgIpc) is 3.18. The summed E-state index contributed by atoms with van der Waals surface area (Å²) in [5, 5.41) is 11.7. The van der Waals surface area contributed by atoms with Crippen molar-refractivity contribution in [2.24, 2.45) is 5.92 Å². The zero-order chi connectivity index (χ0) is 17.6. The van der Waals surface area contributed by atoms with E-state index in [2.05, 4.69) is 15.3 Å². The third-order valence-electron chi connectivity index (χ3n) is 3.52. The predicted octanol–water partition coefficient (Wildman–Crippen LogP) is 2.23. The molecule has 1 amide bonds. The van der Waals surface area contributed by atoms with Crippen molar-refractivity contribution in [3.8, 4) is 11.8 Å². The molecule has 1 aromatic carbocycles. The number of aromatic nitrogens is 3. The Morgan fingerprint density at radius 1 is 1.12 bits per heavy atom. The van der Waals surface area contributed by atoms with Gasteiger partial charge in [0.05, 0.1) is 12.4 Å². The third-order valence-corrected chi connectivity index (χ3v) is 3.52. The molecular weight excluding hydrogens is 318 g/mol. The predicted molar refractivity (Wildman–Crippen MR) is 89.9 cm³/mol. The Hall–Kier alpha value is -3.79. The first-order valence-corrected chi connectivity index (χ1v) is 7.43. The lowest BCUT2D eigenvalue weighted by Gasteiger charge is -2.10. The van der Waals surface area contributed by atoms with Crippen LogP contribution in [0.25, 0.3) is 5.69 Å². The van der Waals surface area contributed by atoms with Crippen molar-refractivity contribution in [2.45, 2.75) is 0 Å². The summed E-state index contributed by atoms with van der Waals surface area (Å²) >= 11 is 0. The Morgan fingerprint density at radius 2 is 1.92 bits per heavy atom. The standard InChI is InChI=1S/C18H13N5O2/c19-11-15(18(25)22-16-3-1-2-8-21-16)17(24)13-4-6-14(7-5-13)23-10-9-20-12-23/h1-10,12,15H,(H,21,22,25). The summed E-state index contributed by atoms with van der Waals surface area (Å²) in [4.78, 5) is 32.6. The van der Waals surface area contributed by atoms with Gasteiger partial charge in [0.2, 0.25) is 0 Å². The number of nitrogens with one attached hydrogen (secondary N) is 1. The fraction of sp³-hybridized carbons (Fsp3) is 0.0556. The lowest BCUT2D eigenvalue weighted by molar-refractivity contribution is -0.117. The van der Waals surface area contributed by atoms with Gasteiger partial charge in [0.15, 0.2) is 11.7 Å². The molecule has 25 heavy (non-hydrogen) atoms. The van der Waals surface area contributed by atoms with E-state index in [4.69, 9.17) is 0 Å². The number of pyridine rings is 1. The van der Waals surface area contributed by atoms with Gasteiger partial charge in [-0.3, -0.25) is 9.59 Å². The van der Waals surface area contributed by atoms with Gasteiger partial charge in [0, 0.05) is 29.8 Å². The molecule has 0 saturated carbocycles. The fourth-order valence-corrected chi connectivity index (χ4v) is 2.25. The van der Waals surface area contributed by atoms with Crippen molar-refractivity contribution in [3.63, 3.8) is 0 Å². The van der Waals surface area contributed by atoms with E-state index in [1.54, 1.807) is 71.8 Å². The zero-order valence-corrected chi connectivity index (χ0v) is 13.0. The third kappa shape index (κ3) is 3.59. The van der Waals surface area contributed by atoms with E-state index in [-0.39, 0.29) is 11.4 Å². The normalized spacial score (nSPS) is 11.3. The first kappa shape index (κ1) is 16.1. The van der Waals surface area contributed by atoms with Crippen LogP contribution in [0.1, 0.15) is 10.4 Å².